The van der Waals surface area contributed by atoms with Crippen LogP contribution in [-0.4, -0.2) is 15.7 Å². The molecule has 0 radical (unpaired) electrons. The van der Waals surface area contributed by atoms with E-state index in [0.717, 1.165) is 32.8 Å². The van der Waals surface area contributed by atoms with Crippen molar-refractivity contribution in [1.29, 1.82) is 0 Å². The lowest BCUT2D eigenvalue weighted by Gasteiger charge is -2.05. The van der Waals surface area contributed by atoms with Crippen LogP contribution in [0.3, 0.4) is 0 Å². The first-order chi connectivity index (χ1) is 12.2. The van der Waals surface area contributed by atoms with Crippen molar-refractivity contribution in [2.75, 3.05) is 5.32 Å². The molecule has 0 saturated carbocycles. The second kappa shape index (κ2) is 6.82. The van der Waals surface area contributed by atoms with Crippen molar-refractivity contribution < 1.29 is 4.84 Å². The number of halogens is 1. The van der Waals surface area contributed by atoms with Crippen LogP contribution < -0.4 is 5.32 Å². The summed E-state index contributed by atoms with van der Waals surface area (Å²) in [5.41, 5.74) is 3.68. The first-order valence-electron chi connectivity index (χ1n) is 7.83. The van der Waals surface area contributed by atoms with Crippen LogP contribution in [0, 0.1) is 6.92 Å². The fraction of sp³-hybridized carbons (Fsp3) is 0.167. The Hall–Kier alpha value is -2.44. The molecular formula is C18H15ClN4OS. The van der Waals surface area contributed by atoms with Crippen LogP contribution in [0.4, 0.5) is 10.8 Å². The molecule has 1 aromatic carbocycles. The standard InChI is InChI=1S/C18H15ClN4OS/c1-11-17(15-10-16(24-23-15)14-4-2-3-9-20-14)25-18(21-11)22-13-7-5-12(19)6-8-13/h2-9,16H,10H2,1H3,(H,21,22)/t16-/m0/s1. The van der Waals surface area contributed by atoms with Gasteiger partial charge in [-0.15, -0.1) is 0 Å². The number of rotatable bonds is 4. The van der Waals surface area contributed by atoms with E-state index >= 15 is 0 Å². The van der Waals surface area contributed by atoms with Gasteiger partial charge in [0.2, 0.25) is 0 Å². The number of nitrogens with zero attached hydrogens (tertiary/aromatic N) is 3. The zero-order valence-electron chi connectivity index (χ0n) is 13.4. The van der Waals surface area contributed by atoms with Gasteiger partial charge in [0, 0.05) is 23.3 Å². The zero-order valence-corrected chi connectivity index (χ0v) is 15.0. The molecule has 1 N–H and O–H groups in total. The van der Waals surface area contributed by atoms with Crippen molar-refractivity contribution in [3.05, 3.63) is 69.9 Å². The third-order valence-corrected chi connectivity index (χ3v) is 5.21. The maximum atomic E-state index is 5.92. The SMILES string of the molecule is Cc1nc(Nc2ccc(Cl)cc2)sc1C1=NO[C@H](c2ccccn2)C1. The second-order valence-electron chi connectivity index (χ2n) is 5.66. The van der Waals surface area contributed by atoms with Gasteiger partial charge in [-0.05, 0) is 43.3 Å². The highest BCUT2D eigenvalue weighted by Crippen LogP contribution is 2.33. The van der Waals surface area contributed by atoms with E-state index < -0.39 is 0 Å². The van der Waals surface area contributed by atoms with Gasteiger partial charge in [0.25, 0.3) is 0 Å². The van der Waals surface area contributed by atoms with E-state index in [9.17, 15) is 0 Å². The summed E-state index contributed by atoms with van der Waals surface area (Å²) in [4.78, 5) is 15.5. The molecule has 1 aliphatic rings. The largest absolute Gasteiger partial charge is 0.385 e. The predicted octanol–water partition coefficient (Wildman–Crippen LogP) is 5.11. The number of oxime groups is 1. The van der Waals surface area contributed by atoms with Crippen LogP contribution in [0.1, 0.15) is 28.8 Å². The van der Waals surface area contributed by atoms with E-state index in [1.54, 1.807) is 17.5 Å². The van der Waals surface area contributed by atoms with Crippen LogP contribution in [-0.2, 0) is 4.84 Å². The minimum atomic E-state index is -0.134. The normalized spacial score (nSPS) is 16.4. The molecule has 7 heteroatoms. The van der Waals surface area contributed by atoms with Gasteiger partial charge in [0.1, 0.15) is 5.71 Å². The highest BCUT2D eigenvalue weighted by molar-refractivity contribution is 7.17. The molecule has 0 aliphatic carbocycles. The molecule has 0 bridgehead atoms. The zero-order chi connectivity index (χ0) is 17.2. The lowest BCUT2D eigenvalue weighted by atomic mass is 10.1. The Morgan fingerprint density at radius 3 is 2.80 bits per heavy atom. The second-order valence-corrected chi connectivity index (χ2v) is 7.09. The molecule has 2 aromatic heterocycles. The molecule has 0 spiro atoms. The Bertz CT molecular complexity index is 909. The van der Waals surface area contributed by atoms with Crippen molar-refractivity contribution in [1.82, 2.24) is 9.97 Å². The Kier molecular flexibility index (Phi) is 4.38. The molecule has 0 fully saturated rings. The van der Waals surface area contributed by atoms with E-state index in [0.29, 0.717) is 11.4 Å². The molecule has 1 atom stereocenters. The molecule has 25 heavy (non-hydrogen) atoms. The minimum absolute atomic E-state index is 0.134. The summed E-state index contributed by atoms with van der Waals surface area (Å²) < 4.78 is 0. The topological polar surface area (TPSA) is 59.4 Å². The number of benzene rings is 1. The van der Waals surface area contributed by atoms with Gasteiger partial charge in [-0.2, -0.15) is 0 Å². The number of thiazole rings is 1. The molecule has 0 amide bonds. The van der Waals surface area contributed by atoms with Gasteiger partial charge in [0.15, 0.2) is 11.2 Å². The van der Waals surface area contributed by atoms with Crippen molar-refractivity contribution in [3.8, 4) is 0 Å². The van der Waals surface area contributed by atoms with Gasteiger partial charge in [0.05, 0.1) is 16.3 Å². The molecule has 3 aromatic rings. The minimum Gasteiger partial charge on any atom is -0.385 e. The Labute approximate surface area is 154 Å². The molecule has 4 rings (SSSR count). The number of hydrogen-bond donors (Lipinski definition) is 1. The maximum absolute atomic E-state index is 5.92. The molecule has 3 heterocycles. The van der Waals surface area contributed by atoms with Crippen LogP contribution in [0.15, 0.2) is 53.8 Å². The lowest BCUT2D eigenvalue weighted by molar-refractivity contribution is 0.0826. The fourth-order valence-electron chi connectivity index (χ4n) is 2.61. The molecular weight excluding hydrogens is 356 g/mol. The van der Waals surface area contributed by atoms with E-state index in [2.05, 4.69) is 20.4 Å². The van der Waals surface area contributed by atoms with E-state index in [1.807, 2.05) is 49.4 Å². The Morgan fingerprint density at radius 2 is 2.04 bits per heavy atom. The predicted molar refractivity (Wildman–Crippen MR) is 101 cm³/mol. The van der Waals surface area contributed by atoms with Crippen LogP contribution in [0.5, 0.6) is 0 Å². The first kappa shape index (κ1) is 16.1. The van der Waals surface area contributed by atoms with Gasteiger partial charge in [-0.1, -0.05) is 34.2 Å². The Morgan fingerprint density at radius 1 is 1.20 bits per heavy atom. The van der Waals surface area contributed by atoms with Crippen LogP contribution >= 0.6 is 22.9 Å². The number of aromatic nitrogens is 2. The highest BCUT2D eigenvalue weighted by atomic mass is 35.5. The summed E-state index contributed by atoms with van der Waals surface area (Å²) in [7, 11) is 0. The molecule has 0 unspecified atom stereocenters. The summed E-state index contributed by atoms with van der Waals surface area (Å²) in [6, 6.07) is 13.3. The summed E-state index contributed by atoms with van der Waals surface area (Å²) in [5, 5.41) is 9.08. The van der Waals surface area contributed by atoms with Crippen molar-refractivity contribution >= 4 is 39.5 Å². The van der Waals surface area contributed by atoms with Gasteiger partial charge in [-0.3, -0.25) is 4.98 Å². The highest BCUT2D eigenvalue weighted by Gasteiger charge is 2.27. The first-order valence-corrected chi connectivity index (χ1v) is 9.02. The number of nitrogens with one attached hydrogen (secondary N) is 1. The number of aryl methyl sites for hydroxylation is 1. The molecule has 126 valence electrons. The van der Waals surface area contributed by atoms with Crippen molar-refractivity contribution in [3.63, 3.8) is 0 Å². The van der Waals surface area contributed by atoms with Crippen molar-refractivity contribution in [2.24, 2.45) is 5.16 Å². The van der Waals surface area contributed by atoms with Gasteiger partial charge < -0.3 is 10.2 Å². The molecule has 1 aliphatic heterocycles. The maximum Gasteiger partial charge on any atom is 0.188 e. The van der Waals surface area contributed by atoms with E-state index in [1.165, 1.54) is 0 Å². The summed E-state index contributed by atoms with van der Waals surface area (Å²) in [5.74, 6) is 0. The third kappa shape index (κ3) is 3.50. The quantitative estimate of drug-likeness (QED) is 0.693. The summed E-state index contributed by atoms with van der Waals surface area (Å²) in [6.45, 7) is 1.98. The summed E-state index contributed by atoms with van der Waals surface area (Å²) in [6.07, 6.45) is 2.33. The van der Waals surface area contributed by atoms with E-state index in [-0.39, 0.29) is 6.10 Å². The van der Waals surface area contributed by atoms with E-state index in [4.69, 9.17) is 16.4 Å². The lowest BCUT2D eigenvalue weighted by Crippen LogP contribution is -2.02. The van der Waals surface area contributed by atoms with Gasteiger partial charge >= 0.3 is 0 Å². The number of hydrogen-bond acceptors (Lipinski definition) is 6. The van der Waals surface area contributed by atoms with Crippen LogP contribution in [0.2, 0.25) is 5.02 Å². The number of anilines is 2. The molecule has 5 nitrogen and oxygen atoms in total. The number of pyridine rings is 1. The van der Waals surface area contributed by atoms with Crippen molar-refractivity contribution in [2.45, 2.75) is 19.4 Å². The van der Waals surface area contributed by atoms with Crippen LogP contribution in [0.25, 0.3) is 0 Å². The smallest absolute Gasteiger partial charge is 0.188 e. The monoisotopic (exact) mass is 370 g/mol. The van der Waals surface area contributed by atoms with Gasteiger partial charge in [-0.25, -0.2) is 4.98 Å². The average molecular weight is 371 g/mol. The summed E-state index contributed by atoms with van der Waals surface area (Å²) >= 11 is 7.49. The third-order valence-electron chi connectivity index (χ3n) is 3.84. The average Bonchev–Trinajstić information content (AvgIpc) is 3.24. The Balaban J connectivity index is 1.50. The molecule has 0 saturated heterocycles. The fourth-order valence-corrected chi connectivity index (χ4v) is 3.71.